The van der Waals surface area contributed by atoms with E-state index in [-0.39, 0.29) is 23.9 Å². The maximum Gasteiger partial charge on any atom is 0.0297 e. The third-order valence-electron chi connectivity index (χ3n) is 3.37. The Balaban J connectivity index is 0.00000128. The summed E-state index contributed by atoms with van der Waals surface area (Å²) in [5, 5.41) is 0. The summed E-state index contributed by atoms with van der Waals surface area (Å²) in [6.07, 6.45) is 3.58. The third-order valence-corrected chi connectivity index (χ3v) is 3.37. The van der Waals surface area contributed by atoms with Gasteiger partial charge in [-0.05, 0) is 41.4 Å². The van der Waals surface area contributed by atoms with Crippen LogP contribution in [0.2, 0.25) is 0 Å². The Morgan fingerprint density at radius 2 is 1.94 bits per heavy atom. The molecule has 0 saturated carbocycles. The Hall–Kier alpha value is -0.530. The molecule has 0 amide bonds. The van der Waals surface area contributed by atoms with Crippen molar-refractivity contribution in [3.63, 3.8) is 0 Å². The molecule has 0 radical (unpaired) electrons. The second-order valence-electron chi connectivity index (χ2n) is 5.66. The third kappa shape index (κ3) is 2.58. The summed E-state index contributed by atoms with van der Waals surface area (Å²) in [7, 11) is 0. The van der Waals surface area contributed by atoms with Gasteiger partial charge in [0, 0.05) is 6.04 Å². The Bertz CT molecular complexity index is 365. The molecule has 0 aromatic heterocycles. The number of aryl methyl sites for hydroxylation is 1. The van der Waals surface area contributed by atoms with Crippen LogP contribution in [0.25, 0.3) is 0 Å². The normalized spacial score (nSPS) is 19.9. The highest BCUT2D eigenvalue weighted by atomic mass is 35.5. The quantitative estimate of drug-likeness (QED) is 0.733. The highest BCUT2D eigenvalue weighted by Crippen LogP contribution is 2.32. The van der Waals surface area contributed by atoms with E-state index in [1.807, 2.05) is 0 Å². The van der Waals surface area contributed by atoms with E-state index in [1.165, 1.54) is 29.5 Å². The molecule has 90 valence electrons. The topological polar surface area (TPSA) is 26.0 Å². The van der Waals surface area contributed by atoms with Crippen molar-refractivity contribution in [2.24, 2.45) is 5.73 Å². The van der Waals surface area contributed by atoms with Gasteiger partial charge in [-0.1, -0.05) is 39.0 Å². The SMILES string of the molecule is CC(C)(C)c1ccc2c(c1)C(N)CCC2.Cl. The first-order valence-electron chi connectivity index (χ1n) is 5.87. The maximum absolute atomic E-state index is 6.16. The lowest BCUT2D eigenvalue weighted by Gasteiger charge is -2.26. The summed E-state index contributed by atoms with van der Waals surface area (Å²) in [6.45, 7) is 6.76. The fraction of sp³-hybridized carbons (Fsp3) is 0.571. The molecule has 1 aromatic carbocycles. The van der Waals surface area contributed by atoms with E-state index in [4.69, 9.17) is 5.73 Å². The molecular weight excluding hydrogens is 218 g/mol. The lowest BCUT2D eigenvalue weighted by molar-refractivity contribution is 0.557. The van der Waals surface area contributed by atoms with Gasteiger partial charge in [0.2, 0.25) is 0 Å². The van der Waals surface area contributed by atoms with Crippen LogP contribution in [0.15, 0.2) is 18.2 Å². The smallest absolute Gasteiger partial charge is 0.0297 e. The molecule has 2 N–H and O–H groups in total. The van der Waals surface area contributed by atoms with E-state index in [0.29, 0.717) is 0 Å². The van der Waals surface area contributed by atoms with Crippen molar-refractivity contribution in [3.8, 4) is 0 Å². The number of hydrogen-bond acceptors (Lipinski definition) is 1. The summed E-state index contributed by atoms with van der Waals surface area (Å²) in [4.78, 5) is 0. The molecule has 2 rings (SSSR count). The lowest BCUT2D eigenvalue weighted by atomic mass is 9.81. The molecule has 0 bridgehead atoms. The van der Waals surface area contributed by atoms with Crippen molar-refractivity contribution in [3.05, 3.63) is 34.9 Å². The van der Waals surface area contributed by atoms with Gasteiger partial charge in [-0.25, -0.2) is 0 Å². The number of halogens is 1. The van der Waals surface area contributed by atoms with Crippen LogP contribution in [0.4, 0.5) is 0 Å². The van der Waals surface area contributed by atoms with Crippen LogP contribution < -0.4 is 5.73 Å². The van der Waals surface area contributed by atoms with Gasteiger partial charge < -0.3 is 5.73 Å². The van der Waals surface area contributed by atoms with Gasteiger partial charge in [-0.3, -0.25) is 0 Å². The fourth-order valence-corrected chi connectivity index (χ4v) is 2.30. The van der Waals surface area contributed by atoms with Crippen molar-refractivity contribution in [2.75, 3.05) is 0 Å². The highest BCUT2D eigenvalue weighted by molar-refractivity contribution is 5.85. The second-order valence-corrected chi connectivity index (χ2v) is 5.66. The molecule has 1 aliphatic rings. The van der Waals surface area contributed by atoms with Crippen molar-refractivity contribution in [2.45, 2.75) is 51.5 Å². The molecule has 0 aliphatic heterocycles. The Labute approximate surface area is 105 Å². The van der Waals surface area contributed by atoms with E-state index >= 15 is 0 Å². The fourth-order valence-electron chi connectivity index (χ4n) is 2.30. The monoisotopic (exact) mass is 239 g/mol. The van der Waals surface area contributed by atoms with Gasteiger partial charge in [0.05, 0.1) is 0 Å². The number of benzene rings is 1. The zero-order valence-corrected chi connectivity index (χ0v) is 11.2. The molecule has 1 atom stereocenters. The standard InChI is InChI=1S/C14H21N.ClH/c1-14(2,3)11-8-7-10-5-4-6-13(15)12(10)9-11;/h7-9,13H,4-6,15H2,1-3H3;1H. The summed E-state index contributed by atoms with van der Waals surface area (Å²) in [5.74, 6) is 0. The first kappa shape index (κ1) is 13.5. The second kappa shape index (κ2) is 4.77. The molecule has 0 heterocycles. The predicted octanol–water partition coefficient (Wildman–Crippen LogP) is 3.74. The van der Waals surface area contributed by atoms with Gasteiger partial charge >= 0.3 is 0 Å². The molecule has 1 unspecified atom stereocenters. The number of hydrogen-bond donors (Lipinski definition) is 1. The first-order valence-corrected chi connectivity index (χ1v) is 5.87. The molecule has 1 nitrogen and oxygen atoms in total. The predicted molar refractivity (Wildman–Crippen MR) is 72.3 cm³/mol. The van der Waals surface area contributed by atoms with Gasteiger partial charge in [0.1, 0.15) is 0 Å². The van der Waals surface area contributed by atoms with Crippen molar-refractivity contribution in [1.29, 1.82) is 0 Å². The molecule has 0 fully saturated rings. The van der Waals surface area contributed by atoms with Crippen LogP contribution >= 0.6 is 12.4 Å². The van der Waals surface area contributed by atoms with E-state index in [2.05, 4.69) is 39.0 Å². The number of fused-ring (bicyclic) bond motifs is 1. The van der Waals surface area contributed by atoms with E-state index < -0.39 is 0 Å². The molecule has 0 saturated heterocycles. The van der Waals surface area contributed by atoms with Gasteiger partial charge in [-0.15, -0.1) is 12.4 Å². The minimum Gasteiger partial charge on any atom is -0.324 e. The number of rotatable bonds is 0. The molecular formula is C14H22ClN. The first-order chi connectivity index (χ1) is 6.98. The lowest BCUT2D eigenvalue weighted by Crippen LogP contribution is -2.19. The zero-order chi connectivity index (χ0) is 11.1. The van der Waals surface area contributed by atoms with Crippen LogP contribution in [0, 0.1) is 0 Å². The summed E-state index contributed by atoms with van der Waals surface area (Å²) >= 11 is 0. The van der Waals surface area contributed by atoms with Crippen molar-refractivity contribution >= 4 is 12.4 Å². The Kier molecular flexibility index (Phi) is 4.03. The summed E-state index contributed by atoms with van der Waals surface area (Å²) < 4.78 is 0. The van der Waals surface area contributed by atoms with E-state index in [1.54, 1.807) is 0 Å². The van der Waals surface area contributed by atoms with E-state index in [0.717, 1.165) is 6.42 Å². The molecule has 16 heavy (non-hydrogen) atoms. The minimum atomic E-state index is 0. The van der Waals surface area contributed by atoms with Crippen LogP contribution in [-0.4, -0.2) is 0 Å². The van der Waals surface area contributed by atoms with Crippen molar-refractivity contribution < 1.29 is 0 Å². The highest BCUT2D eigenvalue weighted by Gasteiger charge is 2.20. The number of nitrogens with two attached hydrogens (primary N) is 1. The van der Waals surface area contributed by atoms with Crippen molar-refractivity contribution in [1.82, 2.24) is 0 Å². The average Bonchev–Trinajstić information content (AvgIpc) is 2.16. The molecule has 1 aliphatic carbocycles. The Morgan fingerprint density at radius 1 is 1.25 bits per heavy atom. The van der Waals surface area contributed by atoms with E-state index in [9.17, 15) is 0 Å². The maximum atomic E-state index is 6.16. The summed E-state index contributed by atoms with van der Waals surface area (Å²) in [6, 6.07) is 7.11. The Morgan fingerprint density at radius 3 is 2.56 bits per heavy atom. The minimum absolute atomic E-state index is 0. The molecule has 0 spiro atoms. The largest absolute Gasteiger partial charge is 0.324 e. The van der Waals surface area contributed by atoms with Crippen LogP contribution in [0.3, 0.4) is 0 Å². The van der Waals surface area contributed by atoms with Gasteiger partial charge in [-0.2, -0.15) is 0 Å². The van der Waals surface area contributed by atoms with Gasteiger partial charge in [0.15, 0.2) is 0 Å². The average molecular weight is 240 g/mol. The summed E-state index contributed by atoms with van der Waals surface area (Å²) in [5.41, 5.74) is 10.6. The van der Waals surface area contributed by atoms with Crippen LogP contribution in [0.5, 0.6) is 0 Å². The van der Waals surface area contributed by atoms with Crippen LogP contribution in [0.1, 0.15) is 56.3 Å². The molecule has 2 heteroatoms. The van der Waals surface area contributed by atoms with Gasteiger partial charge in [0.25, 0.3) is 0 Å². The van der Waals surface area contributed by atoms with Crippen LogP contribution in [-0.2, 0) is 11.8 Å². The molecule has 1 aromatic rings. The zero-order valence-electron chi connectivity index (χ0n) is 10.4.